The highest BCUT2D eigenvalue weighted by molar-refractivity contribution is 9.10. The van der Waals surface area contributed by atoms with Crippen LogP contribution in [0.15, 0.2) is 77.3 Å². The van der Waals surface area contributed by atoms with E-state index in [0.29, 0.717) is 17.0 Å². The Morgan fingerprint density at radius 1 is 1.00 bits per heavy atom. The van der Waals surface area contributed by atoms with Crippen molar-refractivity contribution >= 4 is 51.1 Å². The smallest absolute Gasteiger partial charge is 0.243 e. The molecule has 0 spiro atoms. The second-order valence-corrected chi connectivity index (χ2v) is 12.2. The summed E-state index contributed by atoms with van der Waals surface area (Å²) in [7, 11) is 0. The summed E-state index contributed by atoms with van der Waals surface area (Å²) in [4.78, 5) is 29.3. The van der Waals surface area contributed by atoms with Crippen LogP contribution >= 0.6 is 39.3 Å². The SMILES string of the molecule is O=C(NC1CCCCC1)[C@@H](Cc1ccccc1)N(Cc1cccc(Br)c1)C(=O)CSCc1c(F)cccc1Cl. The zero-order valence-electron chi connectivity index (χ0n) is 21.8. The zero-order chi connectivity index (χ0) is 27.6. The highest BCUT2D eigenvalue weighted by atomic mass is 79.9. The van der Waals surface area contributed by atoms with E-state index in [9.17, 15) is 14.0 Å². The Hall–Kier alpha value is -2.35. The lowest BCUT2D eigenvalue weighted by atomic mass is 9.94. The summed E-state index contributed by atoms with van der Waals surface area (Å²) in [6.45, 7) is 0.287. The average molecular weight is 632 g/mol. The molecule has 0 aliphatic heterocycles. The van der Waals surface area contributed by atoms with E-state index in [1.54, 1.807) is 17.0 Å². The Kier molecular flexibility index (Phi) is 11.3. The van der Waals surface area contributed by atoms with Crippen molar-refractivity contribution in [3.8, 4) is 0 Å². The van der Waals surface area contributed by atoms with Crippen molar-refractivity contribution in [1.29, 1.82) is 0 Å². The first-order valence-electron chi connectivity index (χ1n) is 13.3. The molecule has 4 rings (SSSR count). The highest BCUT2D eigenvalue weighted by Gasteiger charge is 2.32. The van der Waals surface area contributed by atoms with Gasteiger partial charge < -0.3 is 10.2 Å². The molecule has 0 heterocycles. The van der Waals surface area contributed by atoms with Gasteiger partial charge in [-0.15, -0.1) is 11.8 Å². The van der Waals surface area contributed by atoms with Crippen molar-refractivity contribution in [1.82, 2.24) is 10.2 Å². The van der Waals surface area contributed by atoms with E-state index in [2.05, 4.69) is 21.2 Å². The molecule has 1 aliphatic rings. The first kappa shape index (κ1) is 29.6. The van der Waals surface area contributed by atoms with Gasteiger partial charge in [0, 0.05) is 39.8 Å². The van der Waals surface area contributed by atoms with Crippen molar-refractivity contribution in [3.05, 3.63) is 105 Å². The van der Waals surface area contributed by atoms with Crippen molar-refractivity contribution in [2.45, 2.75) is 62.9 Å². The second kappa shape index (κ2) is 14.9. The number of carbonyl (C=O) groups excluding carboxylic acids is 2. The fourth-order valence-corrected chi connectivity index (χ4v) is 6.62. The molecule has 2 amide bonds. The summed E-state index contributed by atoms with van der Waals surface area (Å²) in [6, 6.07) is 21.6. The molecule has 1 fully saturated rings. The number of halogens is 3. The van der Waals surface area contributed by atoms with Gasteiger partial charge in [0.05, 0.1) is 5.75 Å². The topological polar surface area (TPSA) is 49.4 Å². The molecule has 39 heavy (non-hydrogen) atoms. The van der Waals surface area contributed by atoms with Crippen molar-refractivity contribution in [2.24, 2.45) is 0 Å². The highest BCUT2D eigenvalue weighted by Crippen LogP contribution is 2.25. The third kappa shape index (κ3) is 8.82. The maximum Gasteiger partial charge on any atom is 0.243 e. The Bertz CT molecular complexity index is 1240. The standard InChI is InChI=1S/C31H33BrClFN2O2S/c32-24-12-7-11-23(17-24)19-36(30(37)21-39-20-26-27(33)15-8-16-28(26)34)29(18-22-9-3-1-4-10-22)31(38)35-25-13-5-2-6-14-25/h1,3-4,7-12,15-17,25,29H,2,5-6,13-14,18-21H2,(H,35,38)/t29-/m1/s1. The molecule has 0 aromatic heterocycles. The molecule has 1 aliphatic carbocycles. The molecule has 0 unspecified atom stereocenters. The molecular formula is C31H33BrClFN2O2S. The summed E-state index contributed by atoms with van der Waals surface area (Å²) in [5, 5.41) is 3.60. The molecule has 0 radical (unpaired) electrons. The molecule has 0 saturated heterocycles. The van der Waals surface area contributed by atoms with Crippen molar-refractivity contribution < 1.29 is 14.0 Å². The summed E-state index contributed by atoms with van der Waals surface area (Å²) >= 11 is 11.0. The summed E-state index contributed by atoms with van der Waals surface area (Å²) in [5.74, 6) is -0.328. The molecule has 206 valence electrons. The Balaban J connectivity index is 1.58. The lowest BCUT2D eigenvalue weighted by molar-refractivity contribution is -0.139. The maximum absolute atomic E-state index is 14.3. The minimum absolute atomic E-state index is 0.0979. The molecule has 1 atom stereocenters. The summed E-state index contributed by atoms with van der Waals surface area (Å²) in [5.41, 5.74) is 2.29. The van der Waals surface area contributed by atoms with Gasteiger partial charge in [0.15, 0.2) is 0 Å². The number of rotatable bonds is 11. The zero-order valence-corrected chi connectivity index (χ0v) is 24.9. The quantitative estimate of drug-likeness (QED) is 0.238. The van der Waals surface area contributed by atoms with Crippen LogP contribution in [0.5, 0.6) is 0 Å². The fourth-order valence-electron chi connectivity index (χ4n) is 4.92. The number of carbonyl (C=O) groups is 2. The van der Waals surface area contributed by atoms with Crippen LogP contribution in [0.25, 0.3) is 0 Å². The first-order valence-corrected chi connectivity index (χ1v) is 15.6. The van der Waals surface area contributed by atoms with Gasteiger partial charge in [-0.05, 0) is 48.2 Å². The number of benzene rings is 3. The molecular weight excluding hydrogens is 599 g/mol. The van der Waals surface area contributed by atoms with Crippen LogP contribution < -0.4 is 5.32 Å². The third-order valence-corrected chi connectivity index (χ3v) is 8.79. The number of hydrogen-bond donors (Lipinski definition) is 1. The predicted octanol–water partition coefficient (Wildman–Crippen LogP) is 7.56. The van der Waals surface area contributed by atoms with E-state index in [-0.39, 0.29) is 41.7 Å². The van der Waals surface area contributed by atoms with Crippen LogP contribution in [0.4, 0.5) is 4.39 Å². The first-order chi connectivity index (χ1) is 18.9. The molecule has 3 aromatic rings. The van der Waals surface area contributed by atoms with E-state index < -0.39 is 6.04 Å². The third-order valence-electron chi connectivity index (χ3n) is 7.00. The van der Waals surface area contributed by atoms with E-state index in [4.69, 9.17) is 11.6 Å². The van der Waals surface area contributed by atoms with E-state index >= 15 is 0 Å². The molecule has 4 nitrogen and oxygen atoms in total. The minimum atomic E-state index is -0.682. The second-order valence-electron chi connectivity index (χ2n) is 9.89. The van der Waals surface area contributed by atoms with Crippen LogP contribution in [0, 0.1) is 5.82 Å². The number of amides is 2. The van der Waals surface area contributed by atoms with Crippen LogP contribution in [-0.4, -0.2) is 34.6 Å². The fraction of sp³-hybridized carbons (Fsp3) is 0.355. The van der Waals surface area contributed by atoms with Crippen LogP contribution in [0.3, 0.4) is 0 Å². The van der Waals surface area contributed by atoms with Crippen LogP contribution in [0.1, 0.15) is 48.8 Å². The van der Waals surface area contributed by atoms with Crippen LogP contribution in [0.2, 0.25) is 5.02 Å². The molecule has 8 heteroatoms. The predicted molar refractivity (Wildman–Crippen MR) is 161 cm³/mol. The normalized spacial score (nSPS) is 14.5. The number of hydrogen-bond acceptors (Lipinski definition) is 3. The van der Waals surface area contributed by atoms with Gasteiger partial charge in [-0.1, -0.05) is 95.3 Å². The molecule has 3 aromatic carbocycles. The lowest BCUT2D eigenvalue weighted by Crippen LogP contribution is -2.53. The van der Waals surface area contributed by atoms with Gasteiger partial charge in [0.25, 0.3) is 0 Å². The van der Waals surface area contributed by atoms with Crippen LogP contribution in [-0.2, 0) is 28.3 Å². The maximum atomic E-state index is 14.3. The summed E-state index contributed by atoms with van der Waals surface area (Å²) in [6.07, 6.45) is 5.72. The largest absolute Gasteiger partial charge is 0.352 e. The average Bonchev–Trinajstić information content (AvgIpc) is 2.93. The van der Waals surface area contributed by atoms with E-state index in [1.807, 2.05) is 54.6 Å². The minimum Gasteiger partial charge on any atom is -0.352 e. The van der Waals surface area contributed by atoms with Gasteiger partial charge in [-0.3, -0.25) is 9.59 Å². The van der Waals surface area contributed by atoms with Gasteiger partial charge >= 0.3 is 0 Å². The Labute approximate surface area is 247 Å². The van der Waals surface area contributed by atoms with Gasteiger partial charge in [-0.2, -0.15) is 0 Å². The van der Waals surface area contributed by atoms with Gasteiger partial charge in [-0.25, -0.2) is 4.39 Å². The Morgan fingerprint density at radius 2 is 1.72 bits per heavy atom. The van der Waals surface area contributed by atoms with Gasteiger partial charge in [0.1, 0.15) is 11.9 Å². The lowest BCUT2D eigenvalue weighted by Gasteiger charge is -2.33. The molecule has 1 N–H and O–H groups in total. The molecule has 0 bridgehead atoms. The van der Waals surface area contributed by atoms with E-state index in [1.165, 1.54) is 24.2 Å². The van der Waals surface area contributed by atoms with Gasteiger partial charge in [0.2, 0.25) is 11.8 Å². The number of nitrogens with zero attached hydrogens (tertiary/aromatic N) is 1. The Morgan fingerprint density at radius 3 is 2.44 bits per heavy atom. The number of nitrogens with one attached hydrogen (secondary N) is 1. The van der Waals surface area contributed by atoms with E-state index in [0.717, 1.165) is 41.3 Å². The molecule has 1 saturated carbocycles. The summed E-state index contributed by atoms with van der Waals surface area (Å²) < 4.78 is 15.2. The van der Waals surface area contributed by atoms with Crippen molar-refractivity contribution in [3.63, 3.8) is 0 Å². The van der Waals surface area contributed by atoms with Crippen molar-refractivity contribution in [2.75, 3.05) is 5.75 Å². The monoisotopic (exact) mass is 630 g/mol. The number of thioether (sulfide) groups is 1.